The Morgan fingerprint density at radius 2 is 2.32 bits per heavy atom. The van der Waals surface area contributed by atoms with E-state index in [9.17, 15) is 9.00 Å². The average molecular weight is 281 g/mol. The number of benzene rings is 1. The van der Waals surface area contributed by atoms with Gasteiger partial charge in [-0.1, -0.05) is 6.92 Å². The minimum absolute atomic E-state index is 0.0484. The lowest BCUT2D eigenvalue weighted by Gasteiger charge is -2.00. The lowest BCUT2D eigenvalue weighted by atomic mass is 10.3. The number of nitrogens with two attached hydrogens (primary N) is 1. The van der Waals surface area contributed by atoms with E-state index < -0.39 is 10.8 Å². The van der Waals surface area contributed by atoms with Gasteiger partial charge in [0, 0.05) is 18.3 Å². The number of hydrogen-bond acceptors (Lipinski definition) is 5. The van der Waals surface area contributed by atoms with E-state index in [1.54, 1.807) is 18.2 Å². The predicted molar refractivity (Wildman–Crippen MR) is 73.0 cm³/mol. The van der Waals surface area contributed by atoms with E-state index in [0.29, 0.717) is 23.3 Å². The van der Waals surface area contributed by atoms with Gasteiger partial charge in [0.2, 0.25) is 5.91 Å². The molecule has 1 aromatic heterocycles. The number of nitrogens with zero attached hydrogens (tertiary/aromatic N) is 1. The molecule has 3 N–H and O–H groups in total. The summed E-state index contributed by atoms with van der Waals surface area (Å²) in [5.41, 5.74) is 7.21. The highest BCUT2D eigenvalue weighted by Crippen LogP contribution is 2.20. The number of aromatic nitrogens is 1. The fraction of sp³-hybridized carbons (Fsp3) is 0.333. The molecule has 102 valence electrons. The summed E-state index contributed by atoms with van der Waals surface area (Å²) in [6.45, 7) is 2.52. The standard InChI is InChI=1S/C12H15N3O3S/c1-2-5-14-11(16)7-19(17)12-15-9-4-3-8(13)6-10(9)18-12/h3-4,6H,2,5,7,13H2,1H3,(H,14,16). The van der Waals surface area contributed by atoms with Crippen LogP contribution in [0.15, 0.2) is 27.8 Å². The van der Waals surface area contributed by atoms with E-state index >= 15 is 0 Å². The third-order valence-corrected chi connectivity index (χ3v) is 3.51. The summed E-state index contributed by atoms with van der Waals surface area (Å²) in [5, 5.41) is 2.70. The third-order valence-electron chi connectivity index (χ3n) is 2.42. The zero-order valence-electron chi connectivity index (χ0n) is 10.5. The second-order valence-corrected chi connectivity index (χ2v) is 5.38. The second-order valence-electron chi connectivity index (χ2n) is 4.05. The smallest absolute Gasteiger partial charge is 0.288 e. The molecule has 0 aliphatic heterocycles. The van der Waals surface area contributed by atoms with Crippen molar-refractivity contribution in [3.8, 4) is 0 Å². The molecule has 0 aliphatic rings. The molecular formula is C12H15N3O3S. The van der Waals surface area contributed by atoms with Crippen molar-refractivity contribution in [3.63, 3.8) is 0 Å². The van der Waals surface area contributed by atoms with Crippen molar-refractivity contribution in [2.24, 2.45) is 0 Å². The Balaban J connectivity index is 2.11. The molecule has 6 nitrogen and oxygen atoms in total. The Labute approximate surface area is 112 Å². The average Bonchev–Trinajstić information content (AvgIpc) is 2.79. The first-order valence-electron chi connectivity index (χ1n) is 5.91. The largest absolute Gasteiger partial charge is 0.430 e. The number of anilines is 1. The normalized spacial score (nSPS) is 12.5. The number of amides is 1. The molecule has 0 radical (unpaired) electrons. The first kappa shape index (κ1) is 13.5. The molecule has 0 saturated heterocycles. The zero-order valence-corrected chi connectivity index (χ0v) is 11.3. The first-order chi connectivity index (χ1) is 9.10. The van der Waals surface area contributed by atoms with Crippen LogP contribution in [0.25, 0.3) is 11.1 Å². The van der Waals surface area contributed by atoms with E-state index in [1.165, 1.54) is 0 Å². The van der Waals surface area contributed by atoms with Crippen LogP contribution >= 0.6 is 0 Å². The number of fused-ring (bicyclic) bond motifs is 1. The lowest BCUT2D eigenvalue weighted by molar-refractivity contribution is -0.118. The molecule has 0 saturated carbocycles. The molecule has 1 amide bonds. The first-order valence-corrected chi connectivity index (χ1v) is 7.23. The second kappa shape index (κ2) is 5.83. The fourth-order valence-electron chi connectivity index (χ4n) is 1.51. The number of carbonyl (C=O) groups excluding carboxylic acids is 1. The molecule has 7 heteroatoms. The summed E-state index contributed by atoms with van der Waals surface area (Å²) in [5.74, 6) is -0.426. The summed E-state index contributed by atoms with van der Waals surface area (Å²) in [7, 11) is -1.59. The van der Waals surface area contributed by atoms with Crippen LogP contribution in [0.1, 0.15) is 13.3 Å². The maximum Gasteiger partial charge on any atom is 0.288 e. The van der Waals surface area contributed by atoms with Crippen LogP contribution in [0, 0.1) is 0 Å². The number of nitrogens with one attached hydrogen (secondary N) is 1. The fourth-order valence-corrected chi connectivity index (χ4v) is 2.36. The highest BCUT2D eigenvalue weighted by Gasteiger charge is 2.16. The van der Waals surface area contributed by atoms with Gasteiger partial charge >= 0.3 is 0 Å². The molecular weight excluding hydrogens is 266 g/mol. The summed E-state index contributed by atoms with van der Waals surface area (Å²) in [6.07, 6.45) is 0.834. The van der Waals surface area contributed by atoms with Crippen molar-refractivity contribution in [1.29, 1.82) is 0 Å². The van der Waals surface area contributed by atoms with Crippen molar-refractivity contribution >= 4 is 33.5 Å². The number of rotatable bonds is 5. The molecule has 2 aromatic rings. The molecule has 1 atom stereocenters. The van der Waals surface area contributed by atoms with Crippen molar-refractivity contribution < 1.29 is 13.4 Å². The number of carbonyl (C=O) groups is 1. The van der Waals surface area contributed by atoms with E-state index in [0.717, 1.165) is 6.42 Å². The Kier molecular flexibility index (Phi) is 4.16. The van der Waals surface area contributed by atoms with Crippen molar-refractivity contribution in [2.45, 2.75) is 18.6 Å². The van der Waals surface area contributed by atoms with Gasteiger partial charge < -0.3 is 15.5 Å². The van der Waals surface area contributed by atoms with Crippen molar-refractivity contribution in [2.75, 3.05) is 18.0 Å². The van der Waals surface area contributed by atoms with Crippen LogP contribution in [0.3, 0.4) is 0 Å². The summed E-state index contributed by atoms with van der Waals surface area (Å²) < 4.78 is 17.3. The Morgan fingerprint density at radius 1 is 1.53 bits per heavy atom. The summed E-state index contributed by atoms with van der Waals surface area (Å²) in [4.78, 5) is 15.5. The van der Waals surface area contributed by atoms with Crippen LogP contribution in [0.2, 0.25) is 0 Å². The molecule has 1 unspecified atom stereocenters. The highest BCUT2D eigenvalue weighted by atomic mass is 32.2. The third kappa shape index (κ3) is 3.31. The van der Waals surface area contributed by atoms with Gasteiger partial charge in [-0.05, 0) is 18.6 Å². The summed E-state index contributed by atoms with van der Waals surface area (Å²) in [6, 6.07) is 4.98. The monoisotopic (exact) mass is 281 g/mol. The van der Waals surface area contributed by atoms with Gasteiger partial charge in [0.25, 0.3) is 5.22 Å². The summed E-state index contributed by atoms with van der Waals surface area (Å²) >= 11 is 0. The van der Waals surface area contributed by atoms with Gasteiger partial charge in [0.05, 0.1) is 0 Å². The van der Waals surface area contributed by atoms with E-state index in [1.807, 2.05) is 6.92 Å². The van der Waals surface area contributed by atoms with Crippen molar-refractivity contribution in [1.82, 2.24) is 10.3 Å². The number of nitrogen functional groups attached to an aromatic ring is 1. The maximum atomic E-state index is 11.9. The van der Waals surface area contributed by atoms with Gasteiger partial charge in [0.15, 0.2) is 5.58 Å². The Bertz CT molecular complexity index is 624. The lowest BCUT2D eigenvalue weighted by Crippen LogP contribution is -2.28. The minimum Gasteiger partial charge on any atom is -0.430 e. The van der Waals surface area contributed by atoms with E-state index in [4.69, 9.17) is 10.2 Å². The van der Waals surface area contributed by atoms with Crippen LogP contribution < -0.4 is 11.1 Å². The van der Waals surface area contributed by atoms with E-state index in [2.05, 4.69) is 10.3 Å². The zero-order chi connectivity index (χ0) is 13.8. The van der Waals surface area contributed by atoms with Gasteiger partial charge in [-0.2, -0.15) is 0 Å². The van der Waals surface area contributed by atoms with Crippen molar-refractivity contribution in [3.05, 3.63) is 18.2 Å². The van der Waals surface area contributed by atoms with Crippen LogP contribution in [-0.2, 0) is 15.6 Å². The van der Waals surface area contributed by atoms with Gasteiger partial charge in [-0.3, -0.25) is 4.79 Å². The molecule has 0 spiro atoms. The van der Waals surface area contributed by atoms with Gasteiger partial charge in [-0.25, -0.2) is 9.19 Å². The molecule has 2 rings (SSSR count). The van der Waals surface area contributed by atoms with E-state index in [-0.39, 0.29) is 16.9 Å². The molecule has 0 fully saturated rings. The molecule has 0 bridgehead atoms. The van der Waals surface area contributed by atoms with Crippen LogP contribution in [0.4, 0.5) is 5.69 Å². The number of oxazole rings is 1. The maximum absolute atomic E-state index is 11.9. The SMILES string of the molecule is CCCNC(=O)CS(=O)c1nc2ccc(N)cc2o1. The minimum atomic E-state index is -1.59. The topological polar surface area (TPSA) is 98.2 Å². The van der Waals surface area contributed by atoms with Gasteiger partial charge in [0.1, 0.15) is 22.1 Å². The van der Waals surface area contributed by atoms with Crippen LogP contribution in [-0.4, -0.2) is 27.4 Å². The predicted octanol–water partition coefficient (Wildman–Crippen LogP) is 1.04. The van der Waals surface area contributed by atoms with Gasteiger partial charge in [-0.15, -0.1) is 0 Å². The Hall–Kier alpha value is -1.89. The molecule has 1 aromatic carbocycles. The molecule has 1 heterocycles. The Morgan fingerprint density at radius 3 is 3.05 bits per heavy atom. The number of hydrogen-bond donors (Lipinski definition) is 2. The highest BCUT2D eigenvalue weighted by molar-refractivity contribution is 7.85. The quantitative estimate of drug-likeness (QED) is 0.798. The molecule has 19 heavy (non-hydrogen) atoms. The van der Waals surface area contributed by atoms with Crippen LogP contribution in [0.5, 0.6) is 0 Å². The molecule has 0 aliphatic carbocycles.